The highest BCUT2D eigenvalue weighted by Crippen LogP contribution is 2.23. The molecule has 4 rings (SSSR count). The highest BCUT2D eigenvalue weighted by Gasteiger charge is 2.27. The standard InChI is InChI=1S/C24H22N2O4S/c27-23(18-8-2-1-3-9-18)21-10-4-5-11-22(21)25-24(28)19-12-14-20(15-13-19)31(29,30)26-16-6-7-17-26/h1-5,8-15H,6-7,16-17H2,(H,25,28). The molecule has 6 nitrogen and oxygen atoms in total. The lowest BCUT2D eigenvalue weighted by Gasteiger charge is -2.15. The van der Waals surface area contributed by atoms with Gasteiger partial charge in [0.2, 0.25) is 10.0 Å². The van der Waals surface area contributed by atoms with Crippen LogP contribution in [0.1, 0.15) is 39.1 Å². The van der Waals surface area contributed by atoms with Gasteiger partial charge in [-0.1, -0.05) is 42.5 Å². The van der Waals surface area contributed by atoms with E-state index in [0.29, 0.717) is 35.5 Å². The van der Waals surface area contributed by atoms with Gasteiger partial charge in [0, 0.05) is 29.8 Å². The SMILES string of the molecule is O=C(Nc1ccccc1C(=O)c1ccccc1)c1ccc(S(=O)(=O)N2CCCC2)cc1. The molecule has 0 saturated carbocycles. The number of ketones is 1. The molecular weight excluding hydrogens is 412 g/mol. The summed E-state index contributed by atoms with van der Waals surface area (Å²) in [4.78, 5) is 25.8. The summed E-state index contributed by atoms with van der Waals surface area (Å²) >= 11 is 0. The molecule has 1 aliphatic rings. The molecule has 7 heteroatoms. The van der Waals surface area contributed by atoms with Crippen molar-refractivity contribution in [3.63, 3.8) is 0 Å². The van der Waals surface area contributed by atoms with Gasteiger partial charge in [0.15, 0.2) is 5.78 Å². The summed E-state index contributed by atoms with van der Waals surface area (Å²) in [6.07, 6.45) is 1.72. The molecule has 0 aliphatic carbocycles. The van der Waals surface area contributed by atoms with Crippen LogP contribution in [0.3, 0.4) is 0 Å². The van der Waals surface area contributed by atoms with Crippen LogP contribution >= 0.6 is 0 Å². The molecule has 3 aromatic carbocycles. The van der Waals surface area contributed by atoms with Crippen molar-refractivity contribution < 1.29 is 18.0 Å². The second kappa shape index (κ2) is 8.83. The minimum Gasteiger partial charge on any atom is -0.321 e. The van der Waals surface area contributed by atoms with Gasteiger partial charge in [-0.25, -0.2) is 8.42 Å². The third-order valence-corrected chi connectivity index (χ3v) is 7.19. The van der Waals surface area contributed by atoms with Crippen LogP contribution in [0.2, 0.25) is 0 Å². The van der Waals surface area contributed by atoms with Gasteiger partial charge >= 0.3 is 0 Å². The number of carbonyl (C=O) groups is 2. The lowest BCUT2D eigenvalue weighted by molar-refractivity contribution is 0.102. The number of nitrogens with one attached hydrogen (secondary N) is 1. The van der Waals surface area contributed by atoms with Gasteiger partial charge in [-0.15, -0.1) is 0 Å². The van der Waals surface area contributed by atoms with E-state index < -0.39 is 15.9 Å². The van der Waals surface area contributed by atoms with Crippen LogP contribution in [0.4, 0.5) is 5.69 Å². The maximum atomic E-state index is 12.8. The number of carbonyl (C=O) groups excluding carboxylic acids is 2. The van der Waals surface area contributed by atoms with E-state index in [1.807, 2.05) is 6.07 Å². The van der Waals surface area contributed by atoms with E-state index in [9.17, 15) is 18.0 Å². The van der Waals surface area contributed by atoms with Crippen LogP contribution in [-0.2, 0) is 10.0 Å². The normalized spacial score (nSPS) is 14.3. The van der Waals surface area contributed by atoms with E-state index >= 15 is 0 Å². The summed E-state index contributed by atoms with van der Waals surface area (Å²) in [5, 5.41) is 2.77. The summed E-state index contributed by atoms with van der Waals surface area (Å²) < 4.78 is 26.8. The number of anilines is 1. The van der Waals surface area contributed by atoms with E-state index in [1.54, 1.807) is 48.5 Å². The van der Waals surface area contributed by atoms with E-state index in [2.05, 4.69) is 5.32 Å². The second-order valence-corrected chi connectivity index (χ2v) is 9.27. The molecule has 1 aliphatic heterocycles. The van der Waals surface area contributed by atoms with Crippen LogP contribution < -0.4 is 5.32 Å². The van der Waals surface area contributed by atoms with Crippen LogP contribution in [0.5, 0.6) is 0 Å². The largest absolute Gasteiger partial charge is 0.321 e. The topological polar surface area (TPSA) is 83.5 Å². The average molecular weight is 435 g/mol. The highest BCUT2D eigenvalue weighted by atomic mass is 32.2. The van der Waals surface area contributed by atoms with Crippen LogP contribution in [0.25, 0.3) is 0 Å². The molecule has 158 valence electrons. The van der Waals surface area contributed by atoms with Gasteiger partial charge in [-0.3, -0.25) is 9.59 Å². The number of nitrogens with zero attached hydrogens (tertiary/aromatic N) is 1. The number of sulfonamides is 1. The maximum absolute atomic E-state index is 12.8. The summed E-state index contributed by atoms with van der Waals surface area (Å²) in [6.45, 7) is 1.05. The van der Waals surface area contributed by atoms with Gasteiger partial charge in [-0.2, -0.15) is 4.31 Å². The molecule has 1 heterocycles. The molecule has 0 aromatic heterocycles. The Kier molecular flexibility index (Phi) is 5.97. The maximum Gasteiger partial charge on any atom is 0.255 e. The fourth-order valence-electron chi connectivity index (χ4n) is 3.59. The van der Waals surface area contributed by atoms with Crippen molar-refractivity contribution in [2.75, 3.05) is 18.4 Å². The first-order valence-corrected chi connectivity index (χ1v) is 11.5. The number of benzene rings is 3. The number of hydrogen-bond acceptors (Lipinski definition) is 4. The first-order chi connectivity index (χ1) is 15.0. The molecule has 3 aromatic rings. The van der Waals surface area contributed by atoms with Crippen molar-refractivity contribution in [1.82, 2.24) is 4.31 Å². The van der Waals surface area contributed by atoms with Crippen molar-refractivity contribution in [3.05, 3.63) is 95.6 Å². The van der Waals surface area contributed by atoms with Crippen molar-refractivity contribution in [3.8, 4) is 0 Å². The molecule has 0 bridgehead atoms. The van der Waals surface area contributed by atoms with Gasteiger partial charge in [0.05, 0.1) is 10.6 Å². The predicted molar refractivity (Wildman–Crippen MR) is 119 cm³/mol. The molecule has 1 fully saturated rings. The molecule has 31 heavy (non-hydrogen) atoms. The Morgan fingerprint density at radius 1 is 0.742 bits per heavy atom. The second-order valence-electron chi connectivity index (χ2n) is 7.33. The average Bonchev–Trinajstić information content (AvgIpc) is 3.36. The van der Waals surface area contributed by atoms with Gasteiger partial charge in [0.25, 0.3) is 5.91 Å². The van der Waals surface area contributed by atoms with Crippen molar-refractivity contribution in [1.29, 1.82) is 0 Å². The molecule has 1 amide bonds. The Labute approximate surface area is 181 Å². The summed E-state index contributed by atoms with van der Waals surface area (Å²) in [7, 11) is -3.53. The van der Waals surface area contributed by atoms with E-state index in [1.165, 1.54) is 28.6 Å². The zero-order valence-electron chi connectivity index (χ0n) is 16.8. The van der Waals surface area contributed by atoms with Gasteiger partial charge < -0.3 is 5.32 Å². The Balaban J connectivity index is 1.54. The molecule has 0 atom stereocenters. The fraction of sp³-hybridized carbons (Fsp3) is 0.167. The minimum atomic E-state index is -3.53. The predicted octanol–water partition coefficient (Wildman–Crippen LogP) is 3.95. The van der Waals surface area contributed by atoms with E-state index in [4.69, 9.17) is 0 Å². The lowest BCUT2D eigenvalue weighted by Crippen LogP contribution is -2.27. The Hall–Kier alpha value is -3.29. The summed E-state index contributed by atoms with van der Waals surface area (Å²) in [6, 6.07) is 21.5. The summed E-state index contributed by atoms with van der Waals surface area (Å²) in [5.74, 6) is -0.609. The molecule has 1 saturated heterocycles. The zero-order chi connectivity index (χ0) is 21.8. The Morgan fingerprint density at radius 3 is 2.03 bits per heavy atom. The van der Waals surface area contributed by atoms with Crippen LogP contribution in [0.15, 0.2) is 83.8 Å². The molecule has 1 N–H and O–H groups in total. The zero-order valence-corrected chi connectivity index (χ0v) is 17.6. The first-order valence-electron chi connectivity index (χ1n) is 10.1. The quantitative estimate of drug-likeness (QED) is 0.596. The van der Waals surface area contributed by atoms with Crippen LogP contribution in [0, 0.1) is 0 Å². The van der Waals surface area contributed by atoms with Gasteiger partial charge in [0.1, 0.15) is 0 Å². The number of para-hydroxylation sites is 1. The third kappa shape index (κ3) is 4.42. The highest BCUT2D eigenvalue weighted by molar-refractivity contribution is 7.89. The molecular formula is C24H22N2O4S. The molecule has 0 unspecified atom stereocenters. The number of amides is 1. The van der Waals surface area contributed by atoms with Crippen molar-refractivity contribution in [2.24, 2.45) is 0 Å². The van der Waals surface area contributed by atoms with E-state index in [-0.39, 0.29) is 10.7 Å². The minimum absolute atomic E-state index is 0.172. The number of hydrogen-bond donors (Lipinski definition) is 1. The van der Waals surface area contributed by atoms with Crippen molar-refractivity contribution in [2.45, 2.75) is 17.7 Å². The van der Waals surface area contributed by atoms with Gasteiger partial charge in [-0.05, 0) is 49.2 Å². The molecule has 0 spiro atoms. The summed E-state index contributed by atoms with van der Waals surface area (Å²) in [5.41, 5.74) is 1.62. The third-order valence-electron chi connectivity index (χ3n) is 5.28. The lowest BCUT2D eigenvalue weighted by atomic mass is 10.0. The smallest absolute Gasteiger partial charge is 0.255 e. The number of rotatable bonds is 6. The fourth-order valence-corrected chi connectivity index (χ4v) is 5.10. The van der Waals surface area contributed by atoms with E-state index in [0.717, 1.165) is 12.8 Å². The van der Waals surface area contributed by atoms with Crippen molar-refractivity contribution >= 4 is 27.4 Å². The molecule has 0 radical (unpaired) electrons. The van der Waals surface area contributed by atoms with Crippen LogP contribution in [-0.4, -0.2) is 37.5 Å². The first kappa shape index (κ1) is 21.0. The Bertz CT molecular complexity index is 1200. The Morgan fingerprint density at radius 2 is 1.35 bits per heavy atom. The monoisotopic (exact) mass is 434 g/mol.